The second-order valence-electron chi connectivity index (χ2n) is 6.00. The van der Waals surface area contributed by atoms with Crippen LogP contribution in [0.3, 0.4) is 0 Å². The minimum atomic E-state index is -0.429. The topological polar surface area (TPSA) is 67.9 Å². The summed E-state index contributed by atoms with van der Waals surface area (Å²) in [5.41, 5.74) is 1.30. The molecular weight excluding hydrogens is 332 g/mol. The van der Waals surface area contributed by atoms with Gasteiger partial charge in [0.25, 0.3) is 0 Å². The Labute approximate surface area is 152 Å². The molecule has 1 heterocycles. The van der Waals surface area contributed by atoms with Gasteiger partial charge in [-0.1, -0.05) is 24.3 Å². The van der Waals surface area contributed by atoms with Crippen molar-refractivity contribution in [3.63, 3.8) is 0 Å². The summed E-state index contributed by atoms with van der Waals surface area (Å²) in [5, 5.41) is 2.86. The van der Waals surface area contributed by atoms with E-state index in [1.807, 2.05) is 43.3 Å². The van der Waals surface area contributed by atoms with Crippen LogP contribution in [0.2, 0.25) is 0 Å². The van der Waals surface area contributed by atoms with Crippen molar-refractivity contribution in [2.75, 3.05) is 30.5 Å². The van der Waals surface area contributed by atoms with Gasteiger partial charge in [-0.3, -0.25) is 9.59 Å². The molecular formula is C20H22N2O4. The average molecular weight is 354 g/mol. The first-order valence-electron chi connectivity index (χ1n) is 8.60. The molecule has 0 radical (unpaired) electrons. The number of nitrogens with zero attached hydrogens (tertiary/aromatic N) is 1. The van der Waals surface area contributed by atoms with Crippen LogP contribution in [-0.4, -0.2) is 32.1 Å². The van der Waals surface area contributed by atoms with Gasteiger partial charge < -0.3 is 19.7 Å². The fourth-order valence-corrected chi connectivity index (χ4v) is 3.06. The van der Waals surface area contributed by atoms with Crippen molar-refractivity contribution in [3.8, 4) is 11.5 Å². The van der Waals surface area contributed by atoms with Crippen LogP contribution in [-0.2, 0) is 9.59 Å². The van der Waals surface area contributed by atoms with E-state index in [0.29, 0.717) is 36.0 Å². The van der Waals surface area contributed by atoms with E-state index < -0.39 is 5.92 Å². The van der Waals surface area contributed by atoms with Crippen molar-refractivity contribution in [2.24, 2.45) is 5.92 Å². The van der Waals surface area contributed by atoms with E-state index in [-0.39, 0.29) is 18.2 Å². The van der Waals surface area contributed by atoms with Crippen molar-refractivity contribution < 1.29 is 19.1 Å². The lowest BCUT2D eigenvalue weighted by atomic mass is 10.1. The lowest BCUT2D eigenvalue weighted by molar-refractivity contribution is -0.122. The van der Waals surface area contributed by atoms with Crippen molar-refractivity contribution in [2.45, 2.75) is 13.3 Å². The van der Waals surface area contributed by atoms with Crippen LogP contribution in [0.25, 0.3) is 0 Å². The molecule has 3 rings (SSSR count). The molecule has 0 aromatic heterocycles. The molecule has 26 heavy (non-hydrogen) atoms. The molecule has 6 nitrogen and oxygen atoms in total. The molecule has 0 spiro atoms. The van der Waals surface area contributed by atoms with E-state index in [2.05, 4.69) is 5.32 Å². The van der Waals surface area contributed by atoms with E-state index in [4.69, 9.17) is 9.47 Å². The number of carbonyl (C=O) groups is 2. The second kappa shape index (κ2) is 7.91. The molecule has 2 aromatic carbocycles. The van der Waals surface area contributed by atoms with Gasteiger partial charge in [-0.25, -0.2) is 0 Å². The number of anilines is 2. The van der Waals surface area contributed by atoms with Gasteiger partial charge in [-0.05, 0) is 31.2 Å². The van der Waals surface area contributed by atoms with Crippen LogP contribution < -0.4 is 19.7 Å². The van der Waals surface area contributed by atoms with Crippen molar-refractivity contribution >= 4 is 23.2 Å². The number of nitrogens with one attached hydrogen (secondary N) is 1. The molecule has 1 saturated heterocycles. The van der Waals surface area contributed by atoms with Gasteiger partial charge in [0.05, 0.1) is 31.0 Å². The van der Waals surface area contributed by atoms with Gasteiger partial charge in [0.15, 0.2) is 0 Å². The number of ether oxygens (including phenoxy) is 2. The standard InChI is InChI=1S/C20H22N2O4/c1-3-26-18-11-7-5-9-16(18)22-13-14(12-19(22)23)20(24)21-15-8-4-6-10-17(15)25-2/h4-11,14H,3,12-13H2,1-2H3,(H,21,24). The molecule has 2 amide bonds. The Balaban J connectivity index is 1.74. The van der Waals surface area contributed by atoms with Gasteiger partial charge in [-0.15, -0.1) is 0 Å². The van der Waals surface area contributed by atoms with E-state index in [0.717, 1.165) is 0 Å². The highest BCUT2D eigenvalue weighted by molar-refractivity contribution is 6.04. The van der Waals surface area contributed by atoms with Gasteiger partial charge in [-0.2, -0.15) is 0 Å². The molecule has 1 fully saturated rings. The predicted octanol–water partition coefficient (Wildman–Crippen LogP) is 3.09. The third-order valence-electron chi connectivity index (χ3n) is 4.32. The molecule has 1 unspecified atom stereocenters. The summed E-state index contributed by atoms with van der Waals surface area (Å²) >= 11 is 0. The predicted molar refractivity (Wildman–Crippen MR) is 99.7 cm³/mol. The summed E-state index contributed by atoms with van der Waals surface area (Å²) in [5.74, 6) is 0.525. The summed E-state index contributed by atoms with van der Waals surface area (Å²) < 4.78 is 10.9. The van der Waals surface area contributed by atoms with Crippen LogP contribution in [0.1, 0.15) is 13.3 Å². The lowest BCUT2D eigenvalue weighted by Crippen LogP contribution is -2.28. The fraction of sp³-hybridized carbons (Fsp3) is 0.300. The molecule has 1 atom stereocenters. The number of carbonyl (C=O) groups excluding carboxylic acids is 2. The largest absolute Gasteiger partial charge is 0.495 e. The first kappa shape index (κ1) is 17.8. The molecule has 1 N–H and O–H groups in total. The van der Waals surface area contributed by atoms with Gasteiger partial charge in [0.1, 0.15) is 11.5 Å². The Hall–Kier alpha value is -3.02. The molecule has 0 saturated carbocycles. The second-order valence-corrected chi connectivity index (χ2v) is 6.00. The maximum atomic E-state index is 12.6. The van der Waals surface area contributed by atoms with Gasteiger partial charge in [0, 0.05) is 13.0 Å². The van der Waals surface area contributed by atoms with Crippen LogP contribution in [0.15, 0.2) is 48.5 Å². The summed E-state index contributed by atoms with van der Waals surface area (Å²) in [7, 11) is 1.55. The van der Waals surface area contributed by atoms with E-state index in [1.54, 1.807) is 24.1 Å². The molecule has 0 bridgehead atoms. The van der Waals surface area contributed by atoms with Crippen molar-refractivity contribution in [3.05, 3.63) is 48.5 Å². The number of methoxy groups -OCH3 is 1. The first-order chi connectivity index (χ1) is 12.6. The summed E-state index contributed by atoms with van der Waals surface area (Å²) in [6, 6.07) is 14.6. The Kier molecular flexibility index (Phi) is 5.41. The highest BCUT2D eigenvalue weighted by Crippen LogP contribution is 2.33. The maximum absolute atomic E-state index is 12.6. The Morgan fingerprint density at radius 3 is 2.58 bits per heavy atom. The van der Waals surface area contributed by atoms with Crippen molar-refractivity contribution in [1.29, 1.82) is 0 Å². The fourth-order valence-electron chi connectivity index (χ4n) is 3.06. The van der Waals surface area contributed by atoms with Crippen LogP contribution >= 0.6 is 0 Å². The molecule has 2 aromatic rings. The highest BCUT2D eigenvalue weighted by Gasteiger charge is 2.36. The molecule has 6 heteroatoms. The first-order valence-corrected chi connectivity index (χ1v) is 8.60. The third-order valence-corrected chi connectivity index (χ3v) is 4.32. The summed E-state index contributed by atoms with van der Waals surface area (Å²) in [6.07, 6.45) is 0.168. The zero-order valence-electron chi connectivity index (χ0n) is 14.9. The summed E-state index contributed by atoms with van der Waals surface area (Å²) in [6.45, 7) is 2.73. The number of para-hydroxylation sites is 4. The third kappa shape index (κ3) is 3.64. The van der Waals surface area contributed by atoms with E-state index in [9.17, 15) is 9.59 Å². The Morgan fingerprint density at radius 1 is 1.15 bits per heavy atom. The van der Waals surface area contributed by atoms with Crippen LogP contribution in [0, 0.1) is 5.92 Å². The normalized spacial score (nSPS) is 16.5. The maximum Gasteiger partial charge on any atom is 0.229 e. The Bertz CT molecular complexity index is 806. The monoisotopic (exact) mass is 354 g/mol. The number of hydrogen-bond donors (Lipinski definition) is 1. The van der Waals surface area contributed by atoms with Crippen LogP contribution in [0.4, 0.5) is 11.4 Å². The van der Waals surface area contributed by atoms with Gasteiger partial charge >= 0.3 is 0 Å². The number of rotatable bonds is 6. The highest BCUT2D eigenvalue weighted by atomic mass is 16.5. The van der Waals surface area contributed by atoms with Crippen LogP contribution in [0.5, 0.6) is 11.5 Å². The molecule has 136 valence electrons. The SMILES string of the molecule is CCOc1ccccc1N1CC(C(=O)Nc2ccccc2OC)CC1=O. The number of hydrogen-bond acceptors (Lipinski definition) is 4. The molecule has 1 aliphatic rings. The number of amides is 2. The Morgan fingerprint density at radius 2 is 1.85 bits per heavy atom. The average Bonchev–Trinajstić information content (AvgIpc) is 3.04. The zero-order chi connectivity index (χ0) is 18.5. The van der Waals surface area contributed by atoms with E-state index in [1.165, 1.54) is 0 Å². The minimum Gasteiger partial charge on any atom is -0.495 e. The summed E-state index contributed by atoms with van der Waals surface area (Å²) in [4.78, 5) is 26.7. The molecule has 0 aliphatic carbocycles. The minimum absolute atomic E-state index is 0.0858. The van der Waals surface area contributed by atoms with Crippen molar-refractivity contribution in [1.82, 2.24) is 0 Å². The quantitative estimate of drug-likeness (QED) is 0.866. The molecule has 1 aliphatic heterocycles. The zero-order valence-corrected chi connectivity index (χ0v) is 14.9. The number of benzene rings is 2. The van der Waals surface area contributed by atoms with E-state index >= 15 is 0 Å². The van der Waals surface area contributed by atoms with Gasteiger partial charge in [0.2, 0.25) is 11.8 Å². The lowest BCUT2D eigenvalue weighted by Gasteiger charge is -2.20. The smallest absolute Gasteiger partial charge is 0.229 e.